The zero-order valence-corrected chi connectivity index (χ0v) is 13.1. The molecule has 0 aliphatic heterocycles. The van der Waals surface area contributed by atoms with E-state index >= 15 is 0 Å². The highest BCUT2D eigenvalue weighted by Gasteiger charge is 2.20. The van der Waals surface area contributed by atoms with Crippen LogP contribution < -0.4 is 5.32 Å². The molecule has 0 amide bonds. The quantitative estimate of drug-likeness (QED) is 0.819. The van der Waals surface area contributed by atoms with Crippen LogP contribution in [0.25, 0.3) is 0 Å². The molecule has 2 aromatic carbocycles. The Morgan fingerprint density at radius 3 is 2.20 bits per heavy atom. The highest BCUT2D eigenvalue weighted by Crippen LogP contribution is 2.23. The van der Waals surface area contributed by atoms with Crippen molar-refractivity contribution in [3.8, 4) is 0 Å². The standard InChI is InChI=1S/C18H22ClN/c1-14(15-9-11-17(19)12-10-15)20-13-18(2,3)16-7-5-4-6-8-16/h4-12,14,20H,13H2,1-3H3. The minimum absolute atomic E-state index is 0.113. The summed E-state index contributed by atoms with van der Waals surface area (Å²) >= 11 is 5.93. The summed E-state index contributed by atoms with van der Waals surface area (Å²) in [4.78, 5) is 0. The average molecular weight is 288 g/mol. The molecule has 1 N–H and O–H groups in total. The van der Waals surface area contributed by atoms with Crippen molar-refractivity contribution < 1.29 is 0 Å². The maximum Gasteiger partial charge on any atom is 0.0406 e. The first-order valence-corrected chi connectivity index (χ1v) is 7.41. The summed E-state index contributed by atoms with van der Waals surface area (Å²) in [5.74, 6) is 0. The van der Waals surface area contributed by atoms with Crippen LogP contribution in [0.1, 0.15) is 37.9 Å². The summed E-state index contributed by atoms with van der Waals surface area (Å²) in [5.41, 5.74) is 2.73. The zero-order chi connectivity index (χ0) is 14.6. The van der Waals surface area contributed by atoms with Crippen LogP contribution in [0.5, 0.6) is 0 Å². The first-order valence-electron chi connectivity index (χ1n) is 7.03. The number of halogens is 1. The van der Waals surface area contributed by atoms with Crippen LogP contribution in [0.15, 0.2) is 54.6 Å². The molecule has 2 heteroatoms. The van der Waals surface area contributed by atoms with E-state index in [-0.39, 0.29) is 5.41 Å². The molecule has 1 atom stereocenters. The molecule has 20 heavy (non-hydrogen) atoms. The molecule has 0 saturated heterocycles. The SMILES string of the molecule is CC(NCC(C)(C)c1ccccc1)c1ccc(Cl)cc1. The number of hydrogen-bond acceptors (Lipinski definition) is 1. The van der Waals surface area contributed by atoms with Gasteiger partial charge in [-0.05, 0) is 30.2 Å². The van der Waals surface area contributed by atoms with Gasteiger partial charge in [0.05, 0.1) is 0 Å². The highest BCUT2D eigenvalue weighted by molar-refractivity contribution is 6.30. The van der Waals surface area contributed by atoms with E-state index in [9.17, 15) is 0 Å². The molecule has 0 heterocycles. The minimum atomic E-state index is 0.113. The van der Waals surface area contributed by atoms with Crippen molar-refractivity contribution in [2.75, 3.05) is 6.54 Å². The Bertz CT molecular complexity index is 531. The van der Waals surface area contributed by atoms with Crippen molar-refractivity contribution in [1.82, 2.24) is 5.32 Å². The lowest BCUT2D eigenvalue weighted by atomic mass is 9.84. The van der Waals surface area contributed by atoms with Gasteiger partial charge in [0.25, 0.3) is 0 Å². The number of benzene rings is 2. The van der Waals surface area contributed by atoms with Crippen molar-refractivity contribution in [3.05, 3.63) is 70.7 Å². The maximum absolute atomic E-state index is 5.93. The van der Waals surface area contributed by atoms with Crippen LogP contribution in [0.2, 0.25) is 5.02 Å². The summed E-state index contributed by atoms with van der Waals surface area (Å²) in [6.07, 6.45) is 0. The van der Waals surface area contributed by atoms with Crippen LogP contribution >= 0.6 is 11.6 Å². The van der Waals surface area contributed by atoms with Gasteiger partial charge in [0, 0.05) is 23.0 Å². The molecule has 0 bridgehead atoms. The first kappa shape index (κ1) is 15.1. The van der Waals surface area contributed by atoms with Crippen molar-refractivity contribution in [3.63, 3.8) is 0 Å². The van der Waals surface area contributed by atoms with Crippen molar-refractivity contribution >= 4 is 11.6 Å². The van der Waals surface area contributed by atoms with Crippen LogP contribution in [0.3, 0.4) is 0 Å². The third kappa shape index (κ3) is 3.84. The summed E-state index contributed by atoms with van der Waals surface area (Å²) < 4.78 is 0. The lowest BCUT2D eigenvalue weighted by molar-refractivity contribution is 0.435. The van der Waals surface area contributed by atoms with Gasteiger partial charge in [0.15, 0.2) is 0 Å². The van der Waals surface area contributed by atoms with E-state index in [0.29, 0.717) is 6.04 Å². The van der Waals surface area contributed by atoms with Gasteiger partial charge in [0.1, 0.15) is 0 Å². The van der Waals surface area contributed by atoms with Gasteiger partial charge in [-0.1, -0.05) is 67.9 Å². The van der Waals surface area contributed by atoms with Crippen LogP contribution in [-0.2, 0) is 5.41 Å². The van der Waals surface area contributed by atoms with E-state index in [2.05, 4.69) is 68.6 Å². The Morgan fingerprint density at radius 2 is 1.60 bits per heavy atom. The average Bonchev–Trinajstić information content (AvgIpc) is 2.46. The van der Waals surface area contributed by atoms with E-state index in [1.807, 2.05) is 12.1 Å². The fraction of sp³-hybridized carbons (Fsp3) is 0.333. The second-order valence-corrected chi connectivity index (χ2v) is 6.34. The number of hydrogen-bond donors (Lipinski definition) is 1. The monoisotopic (exact) mass is 287 g/mol. The van der Waals surface area contributed by atoms with E-state index in [0.717, 1.165) is 11.6 Å². The molecule has 0 saturated carbocycles. The Morgan fingerprint density at radius 1 is 1.00 bits per heavy atom. The fourth-order valence-electron chi connectivity index (χ4n) is 2.27. The normalized spacial score (nSPS) is 13.2. The predicted octanol–water partition coefficient (Wildman–Crippen LogP) is 4.97. The van der Waals surface area contributed by atoms with Crippen LogP contribution in [0, 0.1) is 0 Å². The smallest absolute Gasteiger partial charge is 0.0406 e. The Kier molecular flexibility index (Phi) is 4.85. The molecule has 0 spiro atoms. The lowest BCUT2D eigenvalue weighted by Gasteiger charge is -2.28. The van der Waals surface area contributed by atoms with Gasteiger partial charge < -0.3 is 5.32 Å². The molecule has 2 aromatic rings. The van der Waals surface area contributed by atoms with Crippen LogP contribution in [0.4, 0.5) is 0 Å². The first-order chi connectivity index (χ1) is 9.49. The largest absolute Gasteiger partial charge is 0.309 e. The molecule has 0 aliphatic carbocycles. The Hall–Kier alpha value is -1.31. The summed E-state index contributed by atoms with van der Waals surface area (Å²) in [5, 5.41) is 4.40. The molecule has 0 aromatic heterocycles. The molecule has 106 valence electrons. The third-order valence-corrected chi connectivity index (χ3v) is 4.03. The van der Waals surface area contributed by atoms with E-state index in [4.69, 9.17) is 11.6 Å². The topological polar surface area (TPSA) is 12.0 Å². The third-order valence-electron chi connectivity index (χ3n) is 3.78. The van der Waals surface area contributed by atoms with Gasteiger partial charge in [-0.25, -0.2) is 0 Å². The fourth-order valence-corrected chi connectivity index (χ4v) is 2.39. The summed E-state index contributed by atoms with van der Waals surface area (Å²) in [7, 11) is 0. The molecule has 2 rings (SSSR count). The Balaban J connectivity index is 1.99. The molecule has 0 fully saturated rings. The zero-order valence-electron chi connectivity index (χ0n) is 12.4. The molecular formula is C18H22ClN. The van der Waals surface area contributed by atoms with Crippen molar-refractivity contribution in [1.29, 1.82) is 0 Å². The van der Waals surface area contributed by atoms with Gasteiger partial charge in [-0.15, -0.1) is 0 Å². The van der Waals surface area contributed by atoms with Crippen molar-refractivity contribution in [2.45, 2.75) is 32.2 Å². The highest BCUT2D eigenvalue weighted by atomic mass is 35.5. The molecule has 1 unspecified atom stereocenters. The summed E-state index contributed by atoms with van der Waals surface area (Å²) in [6.45, 7) is 7.65. The van der Waals surface area contributed by atoms with E-state index < -0.39 is 0 Å². The van der Waals surface area contributed by atoms with E-state index in [1.165, 1.54) is 11.1 Å². The van der Waals surface area contributed by atoms with Gasteiger partial charge in [0.2, 0.25) is 0 Å². The number of nitrogens with one attached hydrogen (secondary N) is 1. The second-order valence-electron chi connectivity index (χ2n) is 5.90. The second kappa shape index (κ2) is 6.43. The molecule has 0 aliphatic rings. The molecular weight excluding hydrogens is 266 g/mol. The molecule has 1 nitrogen and oxygen atoms in total. The summed E-state index contributed by atoms with van der Waals surface area (Å²) in [6, 6.07) is 19.0. The Labute approximate surface area is 127 Å². The maximum atomic E-state index is 5.93. The predicted molar refractivity (Wildman–Crippen MR) is 87.3 cm³/mol. The van der Waals surface area contributed by atoms with Gasteiger partial charge in [-0.2, -0.15) is 0 Å². The van der Waals surface area contributed by atoms with Crippen LogP contribution in [-0.4, -0.2) is 6.54 Å². The van der Waals surface area contributed by atoms with Gasteiger partial charge >= 0.3 is 0 Å². The lowest BCUT2D eigenvalue weighted by Crippen LogP contribution is -2.34. The van der Waals surface area contributed by atoms with E-state index in [1.54, 1.807) is 0 Å². The van der Waals surface area contributed by atoms with Gasteiger partial charge in [-0.3, -0.25) is 0 Å². The number of rotatable bonds is 5. The minimum Gasteiger partial charge on any atom is -0.309 e. The molecule has 0 radical (unpaired) electrons. The van der Waals surface area contributed by atoms with Crippen molar-refractivity contribution in [2.24, 2.45) is 0 Å².